The molecule has 0 saturated carbocycles. The number of carbonyl (C=O) groups is 1. The minimum atomic E-state index is -1.60. The molecule has 7 nitrogen and oxygen atoms in total. The highest BCUT2D eigenvalue weighted by atomic mass is 19.1. The van der Waals surface area contributed by atoms with Crippen molar-refractivity contribution in [2.75, 3.05) is 11.9 Å². The van der Waals surface area contributed by atoms with Crippen LogP contribution < -0.4 is 10.6 Å². The van der Waals surface area contributed by atoms with Gasteiger partial charge in [-0.2, -0.15) is 9.61 Å². The number of alkyl halides is 1. The Labute approximate surface area is 175 Å². The highest BCUT2D eigenvalue weighted by Gasteiger charge is 2.27. The number of hydrogen-bond donors (Lipinski definition) is 3. The number of rotatable bonds is 7. The average Bonchev–Trinajstić information content (AvgIpc) is 3.09. The maximum Gasteiger partial charge on any atom is 0.256 e. The summed E-state index contributed by atoms with van der Waals surface area (Å²) in [5.74, 6) is -0.0154. The van der Waals surface area contributed by atoms with Crippen LogP contribution >= 0.6 is 0 Å². The number of amides is 1. The fourth-order valence-electron chi connectivity index (χ4n) is 3.03. The number of halogens is 1. The van der Waals surface area contributed by atoms with Crippen LogP contribution in [0.15, 0.2) is 36.5 Å². The van der Waals surface area contributed by atoms with Crippen molar-refractivity contribution in [3.8, 4) is 11.3 Å². The summed E-state index contributed by atoms with van der Waals surface area (Å²) < 4.78 is 15.7. The minimum absolute atomic E-state index is 0.0264. The number of hydrogen-bond acceptors (Lipinski definition) is 5. The van der Waals surface area contributed by atoms with Crippen LogP contribution in [-0.4, -0.2) is 50.0 Å². The summed E-state index contributed by atoms with van der Waals surface area (Å²) in [5, 5.41) is 20.2. The van der Waals surface area contributed by atoms with Gasteiger partial charge in [0.1, 0.15) is 17.6 Å². The molecule has 1 aromatic carbocycles. The van der Waals surface area contributed by atoms with Crippen molar-refractivity contribution in [1.82, 2.24) is 19.9 Å². The van der Waals surface area contributed by atoms with Crippen molar-refractivity contribution in [1.29, 1.82) is 0 Å². The molecule has 8 heteroatoms. The molecule has 3 rings (SSSR count). The van der Waals surface area contributed by atoms with Crippen molar-refractivity contribution in [2.45, 2.75) is 52.4 Å². The van der Waals surface area contributed by atoms with Crippen molar-refractivity contribution in [3.63, 3.8) is 0 Å². The normalized spacial score (nSPS) is 12.9. The third-order valence-electron chi connectivity index (χ3n) is 4.78. The van der Waals surface area contributed by atoms with E-state index in [2.05, 4.69) is 20.7 Å². The summed E-state index contributed by atoms with van der Waals surface area (Å²) >= 11 is 0. The van der Waals surface area contributed by atoms with E-state index < -0.39 is 17.7 Å². The van der Waals surface area contributed by atoms with Crippen molar-refractivity contribution in [2.24, 2.45) is 0 Å². The molecule has 2 aromatic heterocycles. The molecule has 0 aliphatic rings. The summed E-state index contributed by atoms with van der Waals surface area (Å²) in [6, 6.07) is 9.79. The maximum atomic E-state index is 14.1. The molecule has 3 N–H and O–H groups in total. The van der Waals surface area contributed by atoms with E-state index in [0.29, 0.717) is 11.5 Å². The Morgan fingerprint density at radius 1 is 1.30 bits per heavy atom. The van der Waals surface area contributed by atoms with Gasteiger partial charge in [0.2, 0.25) is 0 Å². The maximum absolute atomic E-state index is 14.1. The van der Waals surface area contributed by atoms with E-state index in [9.17, 15) is 14.3 Å². The number of fused-ring (bicyclic) bond motifs is 1. The van der Waals surface area contributed by atoms with Gasteiger partial charge in [-0.25, -0.2) is 9.37 Å². The summed E-state index contributed by atoms with van der Waals surface area (Å²) in [6.07, 6.45) is -0.146. The second-order valence-corrected chi connectivity index (χ2v) is 8.27. The van der Waals surface area contributed by atoms with Crippen LogP contribution in [0.3, 0.4) is 0 Å². The molecule has 0 saturated heterocycles. The van der Waals surface area contributed by atoms with Gasteiger partial charge in [0, 0.05) is 23.9 Å². The Balaban J connectivity index is 2.00. The summed E-state index contributed by atoms with van der Waals surface area (Å²) in [6.45, 7) is 8.32. The van der Waals surface area contributed by atoms with E-state index in [-0.39, 0.29) is 18.2 Å². The molecule has 0 aliphatic heterocycles. The van der Waals surface area contributed by atoms with Crippen LogP contribution in [0.4, 0.5) is 10.2 Å². The van der Waals surface area contributed by atoms with Gasteiger partial charge in [-0.15, -0.1) is 0 Å². The predicted octanol–water partition coefficient (Wildman–Crippen LogP) is 3.36. The molecule has 0 radical (unpaired) electrons. The fourth-order valence-corrected chi connectivity index (χ4v) is 3.03. The number of benzene rings is 1. The second-order valence-electron chi connectivity index (χ2n) is 8.27. The van der Waals surface area contributed by atoms with Gasteiger partial charge in [0.05, 0.1) is 17.8 Å². The highest BCUT2D eigenvalue weighted by Crippen LogP contribution is 2.26. The third-order valence-corrected chi connectivity index (χ3v) is 4.78. The van der Waals surface area contributed by atoms with Crippen LogP contribution in [0.25, 0.3) is 16.9 Å². The average molecular weight is 413 g/mol. The van der Waals surface area contributed by atoms with Gasteiger partial charge in [0.15, 0.2) is 5.65 Å². The summed E-state index contributed by atoms with van der Waals surface area (Å²) in [4.78, 5) is 17.2. The van der Waals surface area contributed by atoms with Gasteiger partial charge in [-0.05, 0) is 40.2 Å². The first-order valence-corrected chi connectivity index (χ1v) is 9.94. The van der Waals surface area contributed by atoms with Crippen molar-refractivity contribution in [3.05, 3.63) is 47.7 Å². The topological polar surface area (TPSA) is 91.5 Å². The largest absolute Gasteiger partial charge is 0.387 e. The molecule has 1 amide bonds. The van der Waals surface area contributed by atoms with E-state index in [0.717, 1.165) is 16.8 Å². The van der Waals surface area contributed by atoms with E-state index in [4.69, 9.17) is 0 Å². The zero-order valence-electron chi connectivity index (χ0n) is 17.9. The summed E-state index contributed by atoms with van der Waals surface area (Å²) in [7, 11) is 0. The Morgan fingerprint density at radius 2 is 2.00 bits per heavy atom. The van der Waals surface area contributed by atoms with Crippen molar-refractivity contribution < 1.29 is 14.3 Å². The lowest BCUT2D eigenvalue weighted by Gasteiger charge is -2.22. The Kier molecular flexibility index (Phi) is 6.07. The smallest absolute Gasteiger partial charge is 0.256 e. The quantitative estimate of drug-likeness (QED) is 0.552. The Morgan fingerprint density at radius 3 is 2.63 bits per heavy atom. The van der Waals surface area contributed by atoms with Gasteiger partial charge in [-0.3, -0.25) is 4.79 Å². The van der Waals surface area contributed by atoms with Gasteiger partial charge < -0.3 is 15.7 Å². The number of nitrogens with one attached hydrogen (secondary N) is 2. The SMILES string of the molecule is Cc1ccccc1-c1cc2ncc(C(=O)NCC(F)C(C)(C)O)c(NC(C)C)n2n1. The van der Waals surface area contributed by atoms with Crippen molar-refractivity contribution >= 4 is 17.4 Å². The molecule has 3 aromatic rings. The molecule has 160 valence electrons. The van der Waals surface area contributed by atoms with Crippen LogP contribution in [0.1, 0.15) is 43.6 Å². The van der Waals surface area contributed by atoms with Gasteiger partial charge in [0.25, 0.3) is 5.91 Å². The van der Waals surface area contributed by atoms with Crippen LogP contribution in [-0.2, 0) is 0 Å². The first-order chi connectivity index (χ1) is 14.1. The van der Waals surface area contributed by atoms with Gasteiger partial charge >= 0.3 is 0 Å². The Bertz CT molecular complexity index is 1060. The van der Waals surface area contributed by atoms with E-state index >= 15 is 0 Å². The van der Waals surface area contributed by atoms with Gasteiger partial charge in [-0.1, -0.05) is 24.3 Å². The number of aromatic nitrogens is 3. The molecule has 0 bridgehead atoms. The molecular weight excluding hydrogens is 385 g/mol. The fraction of sp³-hybridized carbons (Fsp3) is 0.409. The predicted molar refractivity (Wildman–Crippen MR) is 115 cm³/mol. The van der Waals surface area contributed by atoms with Crippen LogP contribution in [0, 0.1) is 6.92 Å². The molecule has 2 heterocycles. The highest BCUT2D eigenvalue weighted by molar-refractivity contribution is 5.99. The van der Waals surface area contributed by atoms with E-state index in [1.54, 1.807) is 4.52 Å². The lowest BCUT2D eigenvalue weighted by atomic mass is 10.0. The standard InChI is InChI=1S/C22H28FN5O2/c1-13(2)26-20-16(21(29)25-12-18(23)22(4,5)30)11-24-19-10-17(27-28(19)20)15-9-7-6-8-14(15)3/h6-11,13,18,26,30H,12H2,1-5H3,(H,25,29). The Hall–Kier alpha value is -3.00. The minimum Gasteiger partial charge on any atom is -0.387 e. The van der Waals surface area contributed by atoms with Crippen LogP contribution in [0.2, 0.25) is 0 Å². The molecule has 1 unspecified atom stereocenters. The second kappa shape index (κ2) is 8.39. The third kappa shape index (κ3) is 4.59. The molecule has 0 fully saturated rings. The number of anilines is 1. The number of carbonyl (C=O) groups excluding carboxylic acids is 1. The number of aryl methyl sites for hydroxylation is 1. The molecule has 0 spiro atoms. The molecular formula is C22H28FN5O2. The summed E-state index contributed by atoms with van der Waals surface area (Å²) in [5.41, 5.74) is 2.11. The molecule has 1 atom stereocenters. The molecule has 0 aliphatic carbocycles. The number of nitrogens with zero attached hydrogens (tertiary/aromatic N) is 3. The first kappa shape index (κ1) is 21.7. The monoisotopic (exact) mass is 413 g/mol. The first-order valence-electron chi connectivity index (χ1n) is 9.94. The zero-order valence-corrected chi connectivity index (χ0v) is 17.9. The zero-order chi connectivity index (χ0) is 22.1. The lowest BCUT2D eigenvalue weighted by Crippen LogP contribution is -2.42. The van der Waals surface area contributed by atoms with E-state index in [1.807, 2.05) is 51.1 Å². The number of aliphatic hydroxyl groups is 1. The van der Waals surface area contributed by atoms with E-state index in [1.165, 1.54) is 20.0 Å². The molecule has 30 heavy (non-hydrogen) atoms. The van der Waals surface area contributed by atoms with Crippen LogP contribution in [0.5, 0.6) is 0 Å². The lowest BCUT2D eigenvalue weighted by molar-refractivity contribution is -0.00177.